The van der Waals surface area contributed by atoms with Crippen LogP contribution in [0, 0.1) is 0 Å². The van der Waals surface area contributed by atoms with Crippen LogP contribution in [0.15, 0.2) is 54.6 Å². The molecular weight excluding hydrogens is 402 g/mol. The van der Waals surface area contributed by atoms with Gasteiger partial charge in [0.1, 0.15) is 5.75 Å². The van der Waals surface area contributed by atoms with Gasteiger partial charge in [-0.1, -0.05) is 69.2 Å². The smallest absolute Gasteiger partial charge is 0.171 e. The highest BCUT2D eigenvalue weighted by molar-refractivity contribution is 7.88. The second kappa shape index (κ2) is 11.1. The van der Waals surface area contributed by atoms with Crippen LogP contribution in [0.5, 0.6) is 5.75 Å². The lowest BCUT2D eigenvalue weighted by molar-refractivity contribution is 0.415. The molecule has 0 aliphatic rings. The molecule has 0 aromatic heterocycles. The van der Waals surface area contributed by atoms with Crippen molar-refractivity contribution in [2.45, 2.75) is 45.3 Å². The molecule has 2 aromatic carbocycles. The maximum atomic E-state index is 14.5. The van der Waals surface area contributed by atoms with Gasteiger partial charge in [0.05, 0.1) is 18.8 Å². The van der Waals surface area contributed by atoms with Gasteiger partial charge in [-0.25, -0.2) is 0 Å². The molecule has 29 heavy (non-hydrogen) atoms. The fourth-order valence-corrected chi connectivity index (χ4v) is 11.3. The fraction of sp³-hybridized carbons (Fsp3) is 0.455. The molecular formula is C22H34N2O3P2. The number of ether oxygens (including phenoxy) is 1. The van der Waals surface area contributed by atoms with Gasteiger partial charge in [0, 0.05) is 17.2 Å². The van der Waals surface area contributed by atoms with Crippen LogP contribution in [0.2, 0.25) is 0 Å². The van der Waals surface area contributed by atoms with Crippen LogP contribution < -0.4 is 26.2 Å². The summed E-state index contributed by atoms with van der Waals surface area (Å²) in [6.45, 7) is 4.72. The molecule has 0 saturated carbocycles. The Hall–Kier alpha value is -1.38. The number of benzene rings is 2. The van der Waals surface area contributed by atoms with Gasteiger partial charge in [0.2, 0.25) is 0 Å². The van der Waals surface area contributed by atoms with Crippen LogP contribution >= 0.6 is 14.4 Å². The van der Waals surface area contributed by atoms with Gasteiger partial charge in [0.15, 0.2) is 14.4 Å². The fourth-order valence-electron chi connectivity index (χ4n) is 3.33. The summed E-state index contributed by atoms with van der Waals surface area (Å²) in [5.41, 5.74) is 6.39. The highest BCUT2D eigenvalue weighted by atomic mass is 31.2. The van der Waals surface area contributed by atoms with E-state index in [1.165, 1.54) is 0 Å². The summed E-state index contributed by atoms with van der Waals surface area (Å²) in [6, 6.07) is 16.6. The molecule has 2 aromatic rings. The van der Waals surface area contributed by atoms with Crippen molar-refractivity contribution in [1.29, 1.82) is 0 Å². The minimum atomic E-state index is -3.20. The topological polar surface area (TPSA) is 81.4 Å². The molecule has 0 bridgehead atoms. The molecule has 0 spiro atoms. The molecule has 5 nitrogen and oxygen atoms in total. The van der Waals surface area contributed by atoms with E-state index in [1.54, 1.807) is 13.2 Å². The normalized spacial score (nSPS) is 16.6. The van der Waals surface area contributed by atoms with Crippen molar-refractivity contribution in [3.63, 3.8) is 0 Å². The first-order chi connectivity index (χ1) is 13.9. The molecule has 3 atom stereocenters. The Labute approximate surface area is 175 Å². The number of unbranched alkanes of at least 4 members (excludes halogenated alkanes) is 1. The van der Waals surface area contributed by atoms with Crippen LogP contribution in [-0.4, -0.2) is 25.3 Å². The average Bonchev–Trinajstić information content (AvgIpc) is 2.74. The van der Waals surface area contributed by atoms with Crippen LogP contribution in [0.4, 0.5) is 0 Å². The number of methoxy groups -OCH3 is 1. The van der Waals surface area contributed by atoms with E-state index >= 15 is 0 Å². The quantitative estimate of drug-likeness (QED) is 0.372. The molecule has 0 saturated heterocycles. The minimum absolute atomic E-state index is 0.0298. The Morgan fingerprint density at radius 1 is 1.00 bits per heavy atom. The average molecular weight is 436 g/mol. The van der Waals surface area contributed by atoms with Gasteiger partial charge in [-0.3, -0.25) is 5.09 Å². The lowest BCUT2D eigenvalue weighted by atomic mass is 10.3. The monoisotopic (exact) mass is 436 g/mol. The lowest BCUT2D eigenvalue weighted by Crippen LogP contribution is -2.32. The van der Waals surface area contributed by atoms with Gasteiger partial charge in [-0.05, 0) is 25.0 Å². The highest BCUT2D eigenvalue weighted by Crippen LogP contribution is 2.60. The maximum Gasteiger partial charge on any atom is 0.171 e. The van der Waals surface area contributed by atoms with Crippen molar-refractivity contribution < 1.29 is 13.9 Å². The third-order valence-electron chi connectivity index (χ3n) is 5.08. The molecule has 0 amide bonds. The van der Waals surface area contributed by atoms with E-state index in [-0.39, 0.29) is 5.90 Å². The van der Waals surface area contributed by atoms with E-state index in [4.69, 9.17) is 10.5 Å². The third kappa shape index (κ3) is 6.06. The summed E-state index contributed by atoms with van der Waals surface area (Å²) in [4.78, 5) is 0. The number of nitrogens with one attached hydrogen (secondary N) is 1. The Kier molecular flexibility index (Phi) is 9.17. The number of hydrogen-bond donors (Lipinski definition) is 2. The highest BCUT2D eigenvalue weighted by Gasteiger charge is 2.40. The molecule has 7 heteroatoms. The van der Waals surface area contributed by atoms with E-state index in [9.17, 15) is 9.13 Å². The summed E-state index contributed by atoms with van der Waals surface area (Å²) in [7, 11) is -4.72. The predicted molar refractivity (Wildman–Crippen MR) is 125 cm³/mol. The molecule has 2 rings (SSSR count). The zero-order valence-electron chi connectivity index (χ0n) is 17.7. The molecule has 0 aliphatic heterocycles. The zero-order chi connectivity index (χ0) is 21.3. The van der Waals surface area contributed by atoms with Crippen molar-refractivity contribution in [3.05, 3.63) is 54.6 Å². The minimum Gasteiger partial charge on any atom is -0.497 e. The van der Waals surface area contributed by atoms with E-state index in [0.29, 0.717) is 29.3 Å². The van der Waals surface area contributed by atoms with E-state index < -0.39 is 20.2 Å². The Balaban J connectivity index is 2.54. The summed E-state index contributed by atoms with van der Waals surface area (Å²) < 4.78 is 33.9. The first-order valence-electron chi connectivity index (χ1n) is 10.3. The van der Waals surface area contributed by atoms with Crippen molar-refractivity contribution in [1.82, 2.24) is 5.09 Å². The molecule has 3 N–H and O–H groups in total. The summed E-state index contributed by atoms with van der Waals surface area (Å²) >= 11 is 0. The van der Waals surface area contributed by atoms with Gasteiger partial charge in [-0.15, -0.1) is 0 Å². The van der Waals surface area contributed by atoms with Gasteiger partial charge in [-0.2, -0.15) is 0 Å². The van der Waals surface area contributed by atoms with E-state index in [1.807, 2.05) is 55.5 Å². The maximum absolute atomic E-state index is 14.5. The van der Waals surface area contributed by atoms with Gasteiger partial charge < -0.3 is 19.6 Å². The molecule has 0 aliphatic carbocycles. The van der Waals surface area contributed by atoms with Gasteiger partial charge >= 0.3 is 0 Å². The Bertz CT molecular complexity index is 858. The van der Waals surface area contributed by atoms with Gasteiger partial charge in [0.25, 0.3) is 0 Å². The molecule has 0 heterocycles. The van der Waals surface area contributed by atoms with Crippen LogP contribution in [0.25, 0.3) is 0 Å². The predicted octanol–water partition coefficient (Wildman–Crippen LogP) is 4.72. The lowest BCUT2D eigenvalue weighted by Gasteiger charge is -2.30. The van der Waals surface area contributed by atoms with Crippen LogP contribution in [0.1, 0.15) is 39.5 Å². The molecule has 160 valence electrons. The standard InChI is InChI=1S/C22H34N2O3P2/c1-4-6-16-24-29(26,22(23)11-5-2)18-28(25,20-13-8-7-9-14-20)21-15-10-12-19(17-21)27-3/h7-10,12-15,17,22H,4-6,11,16,18,23H2,1-3H3,(H,24,26). The Morgan fingerprint density at radius 2 is 1.69 bits per heavy atom. The summed E-state index contributed by atoms with van der Waals surface area (Å²) in [5.74, 6) is 0.138. The van der Waals surface area contributed by atoms with Crippen LogP contribution in [0.3, 0.4) is 0 Å². The first-order valence-corrected chi connectivity index (χ1v) is 14.1. The van der Waals surface area contributed by atoms with E-state index in [2.05, 4.69) is 12.0 Å². The van der Waals surface area contributed by atoms with E-state index in [0.717, 1.165) is 19.3 Å². The summed E-state index contributed by atoms with van der Waals surface area (Å²) in [6.07, 6.45) is 3.35. The number of nitrogens with two attached hydrogens (primary N) is 1. The largest absolute Gasteiger partial charge is 0.497 e. The van der Waals surface area contributed by atoms with Crippen molar-refractivity contribution in [3.8, 4) is 5.75 Å². The number of rotatable bonds is 12. The second-order valence-corrected chi connectivity index (χ2v) is 13.5. The molecule has 0 fully saturated rings. The van der Waals surface area contributed by atoms with Crippen molar-refractivity contribution in [2.75, 3.05) is 19.6 Å². The molecule has 3 unspecified atom stereocenters. The Morgan fingerprint density at radius 3 is 2.31 bits per heavy atom. The van der Waals surface area contributed by atoms with Crippen molar-refractivity contribution in [2.24, 2.45) is 5.73 Å². The van der Waals surface area contributed by atoms with Crippen molar-refractivity contribution >= 4 is 25.0 Å². The molecule has 0 radical (unpaired) electrons. The van der Waals surface area contributed by atoms with Crippen LogP contribution in [-0.2, 0) is 9.13 Å². The first kappa shape index (κ1) is 23.9. The number of hydrogen-bond acceptors (Lipinski definition) is 4. The summed E-state index contributed by atoms with van der Waals surface area (Å²) in [5, 5.41) is 4.56. The third-order valence-corrected chi connectivity index (χ3v) is 12.7. The SMILES string of the molecule is CCCCNP(=O)(CP(=O)(c1ccccc1)c1cccc(OC)c1)C(N)CCC. The zero-order valence-corrected chi connectivity index (χ0v) is 19.5. The second-order valence-electron chi connectivity index (χ2n) is 7.33.